The molecule has 0 bridgehead atoms. The largest absolute Gasteiger partial charge is 0.480 e. The topological polar surface area (TPSA) is 61.9 Å². The first-order chi connectivity index (χ1) is 12.1. The van der Waals surface area contributed by atoms with E-state index in [-0.39, 0.29) is 30.3 Å². The molecular formula is C18H23Cl2N3O3. The quantitative estimate of drug-likeness (QED) is 0.817. The maximum absolute atomic E-state index is 12.9. The SMILES string of the molecule is Cl.O=C(C1Cc2cc(Cl)ccc2O1)N1CCCC(N2CCNCC2=O)C1. The number of hydrogen-bond acceptors (Lipinski definition) is 4. The van der Waals surface area contributed by atoms with Gasteiger partial charge in [0.15, 0.2) is 6.10 Å². The Labute approximate surface area is 164 Å². The second kappa shape index (κ2) is 8.03. The number of carbonyl (C=O) groups excluding carboxylic acids is 2. The number of carbonyl (C=O) groups is 2. The van der Waals surface area contributed by atoms with Gasteiger partial charge in [-0.25, -0.2) is 0 Å². The molecule has 3 aliphatic rings. The average Bonchev–Trinajstić information content (AvgIpc) is 3.04. The van der Waals surface area contributed by atoms with Crippen LogP contribution in [0.15, 0.2) is 18.2 Å². The van der Waals surface area contributed by atoms with Gasteiger partial charge in [0, 0.05) is 43.7 Å². The van der Waals surface area contributed by atoms with Gasteiger partial charge in [0.25, 0.3) is 5.91 Å². The predicted molar refractivity (Wildman–Crippen MR) is 101 cm³/mol. The van der Waals surface area contributed by atoms with Gasteiger partial charge in [0.2, 0.25) is 5.91 Å². The van der Waals surface area contributed by atoms with Gasteiger partial charge >= 0.3 is 0 Å². The van der Waals surface area contributed by atoms with Crippen LogP contribution in [0.2, 0.25) is 5.02 Å². The number of ether oxygens (including phenoxy) is 1. The minimum atomic E-state index is -0.481. The van der Waals surface area contributed by atoms with E-state index in [0.717, 1.165) is 43.8 Å². The van der Waals surface area contributed by atoms with Crippen molar-refractivity contribution in [3.05, 3.63) is 28.8 Å². The van der Waals surface area contributed by atoms with Crippen LogP contribution in [0.5, 0.6) is 5.75 Å². The molecule has 2 amide bonds. The smallest absolute Gasteiger partial charge is 0.264 e. The van der Waals surface area contributed by atoms with Gasteiger partial charge in [0.05, 0.1) is 6.54 Å². The first-order valence-corrected chi connectivity index (χ1v) is 9.23. The Morgan fingerprint density at radius 1 is 1.31 bits per heavy atom. The minimum absolute atomic E-state index is 0. The molecule has 1 aromatic carbocycles. The normalized spacial score (nSPS) is 25.3. The summed E-state index contributed by atoms with van der Waals surface area (Å²) >= 11 is 6.02. The third kappa shape index (κ3) is 3.77. The van der Waals surface area contributed by atoms with Crippen molar-refractivity contribution in [1.29, 1.82) is 0 Å². The van der Waals surface area contributed by atoms with E-state index in [2.05, 4.69) is 5.32 Å². The number of nitrogens with one attached hydrogen (secondary N) is 1. The highest BCUT2D eigenvalue weighted by atomic mass is 35.5. The standard InChI is InChI=1S/C18H22ClN3O3.ClH/c19-13-3-4-15-12(8-13)9-16(25-15)18(24)21-6-1-2-14(11-21)22-7-5-20-10-17(22)23;/h3-4,8,14,16,20H,1-2,5-7,9-11H2;1H. The lowest BCUT2D eigenvalue weighted by Crippen LogP contribution is -2.58. The van der Waals surface area contributed by atoms with Crippen molar-refractivity contribution in [3.8, 4) is 5.75 Å². The molecule has 0 saturated carbocycles. The van der Waals surface area contributed by atoms with Crippen molar-refractivity contribution in [1.82, 2.24) is 15.1 Å². The van der Waals surface area contributed by atoms with E-state index in [1.807, 2.05) is 21.9 Å². The fraction of sp³-hybridized carbons (Fsp3) is 0.556. The Morgan fingerprint density at radius 3 is 2.96 bits per heavy atom. The number of nitrogens with zero attached hydrogens (tertiary/aromatic N) is 2. The Bertz CT molecular complexity index is 700. The summed E-state index contributed by atoms with van der Waals surface area (Å²) in [5.74, 6) is 0.887. The molecular weight excluding hydrogens is 377 g/mol. The molecule has 3 heterocycles. The fourth-order valence-corrected chi connectivity index (χ4v) is 4.17. The first-order valence-electron chi connectivity index (χ1n) is 8.86. The second-order valence-corrected chi connectivity index (χ2v) is 7.34. The van der Waals surface area contributed by atoms with Gasteiger partial charge < -0.3 is 19.9 Å². The summed E-state index contributed by atoms with van der Waals surface area (Å²) in [6.07, 6.45) is 1.95. The minimum Gasteiger partial charge on any atom is -0.480 e. The summed E-state index contributed by atoms with van der Waals surface area (Å²) in [6, 6.07) is 5.58. The molecule has 0 aromatic heterocycles. The molecule has 1 aromatic rings. The molecule has 6 nitrogen and oxygen atoms in total. The van der Waals surface area contributed by atoms with Crippen LogP contribution in [-0.4, -0.2) is 66.5 Å². The number of rotatable bonds is 2. The van der Waals surface area contributed by atoms with Crippen molar-refractivity contribution >= 4 is 35.8 Å². The van der Waals surface area contributed by atoms with E-state index < -0.39 is 6.10 Å². The van der Waals surface area contributed by atoms with Crippen LogP contribution in [0.25, 0.3) is 0 Å². The Morgan fingerprint density at radius 2 is 2.15 bits per heavy atom. The van der Waals surface area contributed by atoms with Crippen molar-refractivity contribution in [2.24, 2.45) is 0 Å². The number of benzene rings is 1. The van der Waals surface area contributed by atoms with Crippen molar-refractivity contribution in [2.45, 2.75) is 31.4 Å². The lowest BCUT2D eigenvalue weighted by atomic mass is 10.0. The van der Waals surface area contributed by atoms with E-state index >= 15 is 0 Å². The molecule has 3 aliphatic heterocycles. The van der Waals surface area contributed by atoms with Gasteiger partial charge in [0.1, 0.15) is 5.75 Å². The van der Waals surface area contributed by atoms with Crippen LogP contribution < -0.4 is 10.1 Å². The molecule has 142 valence electrons. The Hall–Kier alpha value is -1.50. The maximum atomic E-state index is 12.9. The molecule has 2 fully saturated rings. The van der Waals surface area contributed by atoms with Gasteiger partial charge in [-0.1, -0.05) is 11.6 Å². The van der Waals surface area contributed by atoms with E-state index in [9.17, 15) is 9.59 Å². The summed E-state index contributed by atoms with van der Waals surface area (Å²) < 4.78 is 5.84. The molecule has 0 radical (unpaired) electrons. The molecule has 8 heteroatoms. The highest BCUT2D eigenvalue weighted by Gasteiger charge is 2.37. The Kier molecular flexibility index (Phi) is 5.95. The van der Waals surface area contributed by atoms with Crippen LogP contribution in [-0.2, 0) is 16.0 Å². The predicted octanol–water partition coefficient (Wildman–Crippen LogP) is 1.49. The highest BCUT2D eigenvalue weighted by Crippen LogP contribution is 2.32. The van der Waals surface area contributed by atoms with Crippen LogP contribution in [0.4, 0.5) is 0 Å². The van der Waals surface area contributed by atoms with Crippen LogP contribution in [0.1, 0.15) is 18.4 Å². The summed E-state index contributed by atoms with van der Waals surface area (Å²) in [6.45, 7) is 3.26. The number of piperazine rings is 1. The third-order valence-corrected chi connectivity index (χ3v) is 5.48. The average molecular weight is 400 g/mol. The van der Waals surface area contributed by atoms with E-state index in [1.54, 1.807) is 6.07 Å². The summed E-state index contributed by atoms with van der Waals surface area (Å²) in [7, 11) is 0. The molecule has 2 unspecified atom stereocenters. The molecule has 2 atom stereocenters. The summed E-state index contributed by atoms with van der Waals surface area (Å²) in [5.41, 5.74) is 0.983. The maximum Gasteiger partial charge on any atom is 0.264 e. The first kappa shape index (κ1) is 19.3. The van der Waals surface area contributed by atoms with Gasteiger partial charge in [-0.15, -0.1) is 12.4 Å². The van der Waals surface area contributed by atoms with Crippen molar-refractivity contribution in [2.75, 3.05) is 32.7 Å². The van der Waals surface area contributed by atoms with Crippen molar-refractivity contribution < 1.29 is 14.3 Å². The van der Waals surface area contributed by atoms with E-state index in [4.69, 9.17) is 16.3 Å². The molecule has 4 rings (SSSR count). The van der Waals surface area contributed by atoms with Crippen LogP contribution in [0.3, 0.4) is 0 Å². The molecule has 26 heavy (non-hydrogen) atoms. The van der Waals surface area contributed by atoms with E-state index in [0.29, 0.717) is 24.5 Å². The molecule has 0 aliphatic carbocycles. The zero-order chi connectivity index (χ0) is 17.4. The number of amides is 2. The van der Waals surface area contributed by atoms with Gasteiger partial charge in [-0.2, -0.15) is 0 Å². The number of hydrogen-bond donors (Lipinski definition) is 1. The lowest BCUT2D eigenvalue weighted by Gasteiger charge is -2.41. The zero-order valence-electron chi connectivity index (χ0n) is 14.4. The van der Waals surface area contributed by atoms with Crippen molar-refractivity contribution in [3.63, 3.8) is 0 Å². The molecule has 2 saturated heterocycles. The zero-order valence-corrected chi connectivity index (χ0v) is 16.0. The summed E-state index contributed by atoms with van der Waals surface area (Å²) in [4.78, 5) is 28.8. The number of likely N-dealkylation sites (tertiary alicyclic amines) is 1. The fourth-order valence-electron chi connectivity index (χ4n) is 3.98. The van der Waals surface area contributed by atoms with Gasteiger partial charge in [-0.05, 0) is 36.6 Å². The number of fused-ring (bicyclic) bond motifs is 1. The molecule has 1 N–H and O–H groups in total. The molecule has 0 spiro atoms. The van der Waals surface area contributed by atoms with Crippen LogP contribution >= 0.6 is 24.0 Å². The number of piperidine rings is 1. The Balaban J connectivity index is 0.00000196. The second-order valence-electron chi connectivity index (χ2n) is 6.91. The van der Waals surface area contributed by atoms with Gasteiger partial charge in [-0.3, -0.25) is 9.59 Å². The third-order valence-electron chi connectivity index (χ3n) is 5.25. The lowest BCUT2D eigenvalue weighted by molar-refractivity contribution is -0.144. The monoisotopic (exact) mass is 399 g/mol. The number of halogens is 2. The van der Waals surface area contributed by atoms with Crippen LogP contribution in [0, 0.1) is 0 Å². The highest BCUT2D eigenvalue weighted by molar-refractivity contribution is 6.30. The van der Waals surface area contributed by atoms with E-state index in [1.165, 1.54) is 0 Å². The summed E-state index contributed by atoms with van der Waals surface area (Å²) in [5, 5.41) is 3.75.